The highest BCUT2D eigenvalue weighted by Crippen LogP contribution is 2.28. The van der Waals surface area contributed by atoms with Crippen molar-refractivity contribution in [3.63, 3.8) is 0 Å². The van der Waals surface area contributed by atoms with Crippen molar-refractivity contribution in [1.29, 1.82) is 0 Å². The van der Waals surface area contributed by atoms with Gasteiger partial charge in [0, 0.05) is 17.7 Å². The van der Waals surface area contributed by atoms with Gasteiger partial charge in [-0.05, 0) is 31.9 Å². The van der Waals surface area contributed by atoms with Crippen LogP contribution in [0, 0.1) is 0 Å². The average molecular weight is 247 g/mol. The maximum Gasteiger partial charge on any atom is 0.261 e. The van der Waals surface area contributed by atoms with Gasteiger partial charge in [-0.15, -0.1) is 0 Å². The third-order valence-electron chi connectivity index (χ3n) is 3.37. The van der Waals surface area contributed by atoms with Crippen LogP contribution in [-0.2, 0) is 11.2 Å². The number of carbonyl (C=O) groups excluding carboxylic acids is 2. The van der Waals surface area contributed by atoms with E-state index in [0.29, 0.717) is 12.0 Å². The van der Waals surface area contributed by atoms with Crippen LogP contribution in [0.2, 0.25) is 0 Å². The number of rotatable bonds is 3. The van der Waals surface area contributed by atoms with E-state index in [1.807, 2.05) is 12.1 Å². The van der Waals surface area contributed by atoms with E-state index in [1.165, 1.54) is 4.90 Å². The van der Waals surface area contributed by atoms with E-state index in [0.717, 1.165) is 5.56 Å². The topological polar surface area (TPSA) is 57.6 Å². The summed E-state index contributed by atoms with van der Waals surface area (Å²) in [5.74, 6) is -0.461. The van der Waals surface area contributed by atoms with Crippen molar-refractivity contribution in [2.24, 2.45) is 0 Å². The van der Waals surface area contributed by atoms with E-state index < -0.39 is 5.54 Å². The SMILES string of the molecule is CC(C)(CCO)N1C(=O)Cc2ccccc2C1=O. The van der Waals surface area contributed by atoms with Gasteiger partial charge in [0.1, 0.15) is 0 Å². The van der Waals surface area contributed by atoms with Gasteiger partial charge >= 0.3 is 0 Å². The molecule has 1 aromatic carbocycles. The summed E-state index contributed by atoms with van der Waals surface area (Å²) in [5.41, 5.74) is 0.711. The molecule has 96 valence electrons. The Morgan fingerprint density at radius 3 is 2.61 bits per heavy atom. The van der Waals surface area contributed by atoms with Gasteiger partial charge in [-0.1, -0.05) is 18.2 Å². The molecule has 1 aromatic rings. The number of fused-ring (bicyclic) bond motifs is 1. The summed E-state index contributed by atoms with van der Waals surface area (Å²) in [6.45, 7) is 3.55. The van der Waals surface area contributed by atoms with Gasteiger partial charge in [0.05, 0.1) is 6.42 Å². The second kappa shape index (κ2) is 4.53. The van der Waals surface area contributed by atoms with Crippen molar-refractivity contribution in [3.8, 4) is 0 Å². The summed E-state index contributed by atoms with van der Waals surface area (Å²) in [5, 5.41) is 9.05. The molecule has 0 saturated carbocycles. The molecule has 0 aromatic heterocycles. The Hall–Kier alpha value is -1.68. The number of benzene rings is 1. The molecule has 0 aliphatic carbocycles. The lowest BCUT2D eigenvalue weighted by molar-refractivity contribution is -0.133. The second-order valence-electron chi connectivity index (χ2n) is 5.15. The molecule has 1 aliphatic rings. The first-order valence-corrected chi connectivity index (χ1v) is 6.03. The molecule has 4 nitrogen and oxygen atoms in total. The summed E-state index contributed by atoms with van der Waals surface area (Å²) in [6.07, 6.45) is 0.628. The fourth-order valence-corrected chi connectivity index (χ4v) is 2.36. The molecule has 2 amide bonds. The molecule has 0 radical (unpaired) electrons. The van der Waals surface area contributed by atoms with Gasteiger partial charge in [-0.25, -0.2) is 0 Å². The molecule has 2 rings (SSSR count). The van der Waals surface area contributed by atoms with Crippen molar-refractivity contribution < 1.29 is 14.7 Å². The van der Waals surface area contributed by atoms with Crippen LogP contribution in [0.15, 0.2) is 24.3 Å². The lowest BCUT2D eigenvalue weighted by atomic mass is 9.91. The highest BCUT2D eigenvalue weighted by molar-refractivity contribution is 6.10. The van der Waals surface area contributed by atoms with Gasteiger partial charge in [-0.3, -0.25) is 14.5 Å². The molecule has 0 saturated heterocycles. The van der Waals surface area contributed by atoms with E-state index >= 15 is 0 Å². The number of hydrogen-bond acceptors (Lipinski definition) is 3. The number of nitrogens with zero attached hydrogens (tertiary/aromatic N) is 1. The van der Waals surface area contributed by atoms with Gasteiger partial charge in [0.2, 0.25) is 5.91 Å². The van der Waals surface area contributed by atoms with Crippen molar-refractivity contribution in [2.45, 2.75) is 32.2 Å². The van der Waals surface area contributed by atoms with Crippen LogP contribution >= 0.6 is 0 Å². The molecule has 0 unspecified atom stereocenters. The quantitative estimate of drug-likeness (QED) is 0.821. The number of aliphatic hydroxyl groups is 1. The van der Waals surface area contributed by atoms with Crippen LogP contribution in [0.1, 0.15) is 36.2 Å². The largest absolute Gasteiger partial charge is 0.396 e. The minimum atomic E-state index is -0.656. The third kappa shape index (κ3) is 2.04. The van der Waals surface area contributed by atoms with Crippen LogP contribution in [0.25, 0.3) is 0 Å². The summed E-state index contributed by atoms with van der Waals surface area (Å²) in [6, 6.07) is 7.17. The summed E-state index contributed by atoms with van der Waals surface area (Å²) >= 11 is 0. The molecular weight excluding hydrogens is 230 g/mol. The maximum atomic E-state index is 12.4. The lowest BCUT2D eigenvalue weighted by Crippen LogP contribution is -2.54. The number of amides is 2. The number of hydrogen-bond donors (Lipinski definition) is 1. The maximum absolute atomic E-state index is 12.4. The van der Waals surface area contributed by atoms with E-state index in [1.54, 1.807) is 26.0 Å². The Kier molecular flexibility index (Phi) is 3.22. The minimum Gasteiger partial charge on any atom is -0.396 e. The molecular formula is C14H17NO3. The number of carbonyl (C=O) groups is 2. The Balaban J connectivity index is 2.41. The summed E-state index contributed by atoms with van der Waals surface area (Å²) in [7, 11) is 0. The Labute approximate surface area is 106 Å². The highest BCUT2D eigenvalue weighted by Gasteiger charge is 2.39. The molecule has 18 heavy (non-hydrogen) atoms. The van der Waals surface area contributed by atoms with Gasteiger partial charge < -0.3 is 5.11 Å². The summed E-state index contributed by atoms with van der Waals surface area (Å²) < 4.78 is 0. The molecule has 1 aliphatic heterocycles. The zero-order valence-corrected chi connectivity index (χ0v) is 10.6. The summed E-state index contributed by atoms with van der Waals surface area (Å²) in [4.78, 5) is 25.8. The fraction of sp³-hybridized carbons (Fsp3) is 0.429. The van der Waals surface area contributed by atoms with Crippen LogP contribution in [0.5, 0.6) is 0 Å². The first-order valence-electron chi connectivity index (χ1n) is 6.03. The molecule has 0 bridgehead atoms. The number of imide groups is 1. The van der Waals surface area contributed by atoms with Gasteiger partial charge in [0.15, 0.2) is 0 Å². The van der Waals surface area contributed by atoms with E-state index in [-0.39, 0.29) is 24.8 Å². The first kappa shape index (κ1) is 12.8. The highest BCUT2D eigenvalue weighted by atomic mass is 16.3. The minimum absolute atomic E-state index is 0.0499. The Morgan fingerprint density at radius 2 is 1.94 bits per heavy atom. The smallest absolute Gasteiger partial charge is 0.261 e. The third-order valence-corrected chi connectivity index (χ3v) is 3.37. The van der Waals surface area contributed by atoms with Crippen molar-refractivity contribution in [3.05, 3.63) is 35.4 Å². The lowest BCUT2D eigenvalue weighted by Gasteiger charge is -2.39. The zero-order valence-electron chi connectivity index (χ0n) is 10.6. The molecule has 0 spiro atoms. The Morgan fingerprint density at radius 1 is 1.28 bits per heavy atom. The van der Waals surface area contributed by atoms with Gasteiger partial charge in [-0.2, -0.15) is 0 Å². The van der Waals surface area contributed by atoms with Crippen molar-refractivity contribution in [2.75, 3.05) is 6.61 Å². The first-order chi connectivity index (χ1) is 8.47. The normalized spacial score (nSPS) is 15.8. The predicted octanol–water partition coefficient (Wildman–Crippen LogP) is 1.37. The van der Waals surface area contributed by atoms with Gasteiger partial charge in [0.25, 0.3) is 5.91 Å². The van der Waals surface area contributed by atoms with E-state index in [2.05, 4.69) is 0 Å². The van der Waals surface area contributed by atoms with Crippen LogP contribution < -0.4 is 0 Å². The predicted molar refractivity (Wildman–Crippen MR) is 67.1 cm³/mol. The second-order valence-corrected chi connectivity index (χ2v) is 5.15. The van der Waals surface area contributed by atoms with Crippen LogP contribution in [-0.4, -0.2) is 34.0 Å². The van der Waals surface area contributed by atoms with E-state index in [4.69, 9.17) is 5.11 Å². The molecule has 1 N–H and O–H groups in total. The van der Waals surface area contributed by atoms with Crippen molar-refractivity contribution in [1.82, 2.24) is 4.90 Å². The van der Waals surface area contributed by atoms with Crippen LogP contribution in [0.4, 0.5) is 0 Å². The average Bonchev–Trinajstić information content (AvgIpc) is 2.28. The van der Waals surface area contributed by atoms with Crippen molar-refractivity contribution >= 4 is 11.8 Å². The monoisotopic (exact) mass is 247 g/mol. The Bertz CT molecular complexity index is 494. The fourth-order valence-electron chi connectivity index (χ4n) is 2.36. The zero-order chi connectivity index (χ0) is 13.3. The van der Waals surface area contributed by atoms with E-state index in [9.17, 15) is 9.59 Å². The molecule has 0 fully saturated rings. The van der Waals surface area contributed by atoms with Crippen LogP contribution in [0.3, 0.4) is 0 Å². The number of aliphatic hydroxyl groups excluding tert-OH is 1. The molecule has 0 atom stereocenters. The standard InChI is InChI=1S/C14H17NO3/c1-14(2,7-8-16)15-12(17)9-10-5-3-4-6-11(10)13(15)18/h3-6,16H,7-9H2,1-2H3. The molecule has 4 heteroatoms. The molecule has 1 heterocycles.